The normalized spacial score (nSPS) is 13.7. The number of aldehydes is 1. The lowest BCUT2D eigenvalue weighted by Gasteiger charge is -2.27. The van der Waals surface area contributed by atoms with Gasteiger partial charge in [-0.3, -0.25) is 9.59 Å². The summed E-state index contributed by atoms with van der Waals surface area (Å²) in [6.45, 7) is 1.44. The van der Waals surface area contributed by atoms with Crippen molar-refractivity contribution in [3.05, 3.63) is 70.9 Å². The minimum absolute atomic E-state index is 0.184. The molecule has 4 heteroatoms. The van der Waals surface area contributed by atoms with Crippen LogP contribution >= 0.6 is 0 Å². The van der Waals surface area contributed by atoms with Crippen LogP contribution in [-0.4, -0.2) is 28.6 Å². The molecular weight excluding hydrogens is 312 g/mol. The van der Waals surface area contributed by atoms with Gasteiger partial charge in [0.05, 0.1) is 6.54 Å². The number of fused-ring (bicyclic) bond motifs is 3. The highest BCUT2D eigenvalue weighted by Gasteiger charge is 2.23. The van der Waals surface area contributed by atoms with Crippen molar-refractivity contribution in [2.75, 3.05) is 6.54 Å². The van der Waals surface area contributed by atoms with E-state index in [0.717, 1.165) is 36.0 Å². The second-order valence-corrected chi connectivity index (χ2v) is 6.55. The number of aryl methyl sites for hydroxylation is 1. The van der Waals surface area contributed by atoms with Gasteiger partial charge in [0.2, 0.25) is 5.91 Å². The first-order valence-corrected chi connectivity index (χ1v) is 8.65. The molecule has 2 aromatic carbocycles. The third kappa shape index (κ3) is 3.07. The molecule has 0 radical (unpaired) electrons. The zero-order valence-corrected chi connectivity index (χ0v) is 14.0. The first-order chi connectivity index (χ1) is 12.2. The number of hydrogen-bond acceptors (Lipinski definition) is 2. The average Bonchev–Trinajstić information content (AvgIpc) is 3.04. The van der Waals surface area contributed by atoms with Gasteiger partial charge in [0.1, 0.15) is 6.29 Å². The Morgan fingerprint density at radius 1 is 1.12 bits per heavy atom. The minimum Gasteiger partial charge on any atom is -0.357 e. The van der Waals surface area contributed by atoms with E-state index in [1.807, 2.05) is 23.1 Å². The molecule has 0 spiro atoms. The van der Waals surface area contributed by atoms with E-state index < -0.39 is 0 Å². The summed E-state index contributed by atoms with van der Waals surface area (Å²) in [4.78, 5) is 28.7. The van der Waals surface area contributed by atoms with Crippen LogP contribution in [-0.2, 0) is 24.2 Å². The number of amides is 1. The molecule has 1 N–H and O–H groups in total. The third-order valence-electron chi connectivity index (χ3n) is 4.98. The molecule has 4 nitrogen and oxygen atoms in total. The van der Waals surface area contributed by atoms with Crippen LogP contribution < -0.4 is 0 Å². The minimum atomic E-state index is 0.184. The molecule has 3 aromatic rings. The number of rotatable bonds is 4. The van der Waals surface area contributed by atoms with Crippen LogP contribution in [0.25, 0.3) is 10.9 Å². The highest BCUT2D eigenvalue weighted by atomic mass is 16.2. The van der Waals surface area contributed by atoms with Crippen molar-refractivity contribution >= 4 is 23.1 Å². The average molecular weight is 332 g/mol. The predicted molar refractivity (Wildman–Crippen MR) is 97.6 cm³/mol. The monoisotopic (exact) mass is 332 g/mol. The van der Waals surface area contributed by atoms with Crippen LogP contribution in [0.4, 0.5) is 0 Å². The molecule has 2 heterocycles. The molecule has 0 saturated carbocycles. The number of H-pyrrole nitrogens is 1. The van der Waals surface area contributed by atoms with E-state index in [1.165, 1.54) is 10.9 Å². The Morgan fingerprint density at radius 3 is 2.72 bits per heavy atom. The SMILES string of the molecule is O=Cc1ccc(CCC(=O)N2CCc3c([nH]c4ccccc34)C2)cc1. The van der Waals surface area contributed by atoms with Crippen LogP contribution in [0.3, 0.4) is 0 Å². The van der Waals surface area contributed by atoms with Crippen LogP contribution in [0, 0.1) is 0 Å². The maximum absolute atomic E-state index is 12.6. The number of hydrogen-bond donors (Lipinski definition) is 1. The summed E-state index contributed by atoms with van der Waals surface area (Å²) in [7, 11) is 0. The van der Waals surface area contributed by atoms with Gasteiger partial charge in [0.25, 0.3) is 0 Å². The number of carbonyl (C=O) groups is 2. The summed E-state index contributed by atoms with van der Waals surface area (Å²) in [6.07, 6.45) is 2.93. The number of carbonyl (C=O) groups excluding carboxylic acids is 2. The fourth-order valence-corrected chi connectivity index (χ4v) is 3.58. The molecule has 0 unspecified atom stereocenters. The number of benzene rings is 2. The van der Waals surface area contributed by atoms with Crippen LogP contribution in [0.15, 0.2) is 48.5 Å². The van der Waals surface area contributed by atoms with Crippen LogP contribution in [0.5, 0.6) is 0 Å². The Hall–Kier alpha value is -2.88. The van der Waals surface area contributed by atoms with Crippen LogP contribution in [0.2, 0.25) is 0 Å². The standard InChI is InChI=1S/C21H20N2O2/c24-14-16-7-5-15(6-8-16)9-10-21(25)23-12-11-18-17-3-1-2-4-19(17)22-20(18)13-23/h1-8,14,22H,9-13H2. The molecular formula is C21H20N2O2. The lowest BCUT2D eigenvalue weighted by atomic mass is 10.0. The number of aromatic amines is 1. The molecule has 1 aliphatic heterocycles. The molecule has 1 aliphatic rings. The molecule has 4 rings (SSSR count). The maximum Gasteiger partial charge on any atom is 0.223 e. The first kappa shape index (κ1) is 15.6. The Balaban J connectivity index is 1.42. The van der Waals surface area contributed by atoms with Gasteiger partial charge in [-0.25, -0.2) is 0 Å². The summed E-state index contributed by atoms with van der Waals surface area (Å²) >= 11 is 0. The topological polar surface area (TPSA) is 53.2 Å². The lowest BCUT2D eigenvalue weighted by molar-refractivity contribution is -0.132. The van der Waals surface area contributed by atoms with Crippen molar-refractivity contribution in [3.63, 3.8) is 0 Å². The van der Waals surface area contributed by atoms with Gasteiger partial charge < -0.3 is 9.88 Å². The van der Waals surface area contributed by atoms with Crippen molar-refractivity contribution in [3.8, 4) is 0 Å². The highest BCUT2D eigenvalue weighted by molar-refractivity contribution is 5.85. The summed E-state index contributed by atoms with van der Waals surface area (Å²) in [5.74, 6) is 0.184. The molecule has 0 atom stereocenters. The van der Waals surface area contributed by atoms with Gasteiger partial charge in [-0.1, -0.05) is 42.5 Å². The Morgan fingerprint density at radius 2 is 1.92 bits per heavy atom. The number of para-hydroxylation sites is 1. The largest absolute Gasteiger partial charge is 0.357 e. The number of aromatic nitrogens is 1. The molecule has 0 saturated heterocycles. The molecule has 0 fully saturated rings. The van der Waals surface area contributed by atoms with E-state index in [2.05, 4.69) is 23.2 Å². The summed E-state index contributed by atoms with van der Waals surface area (Å²) in [5.41, 5.74) is 5.41. The van der Waals surface area contributed by atoms with Gasteiger partial charge in [-0.15, -0.1) is 0 Å². The number of nitrogens with zero attached hydrogens (tertiary/aromatic N) is 1. The van der Waals surface area contributed by atoms with Gasteiger partial charge >= 0.3 is 0 Å². The second kappa shape index (κ2) is 6.55. The van der Waals surface area contributed by atoms with Crippen molar-refractivity contribution in [1.29, 1.82) is 0 Å². The zero-order valence-electron chi connectivity index (χ0n) is 14.0. The molecule has 0 bridgehead atoms. The number of nitrogens with one attached hydrogen (secondary N) is 1. The summed E-state index contributed by atoms with van der Waals surface area (Å²) in [5, 5.41) is 1.28. The Kier molecular flexibility index (Phi) is 4.10. The van der Waals surface area contributed by atoms with Crippen molar-refractivity contribution in [2.45, 2.75) is 25.8 Å². The molecule has 1 amide bonds. The van der Waals surface area contributed by atoms with Crippen molar-refractivity contribution < 1.29 is 9.59 Å². The van der Waals surface area contributed by atoms with E-state index in [1.54, 1.807) is 12.1 Å². The van der Waals surface area contributed by atoms with Gasteiger partial charge in [0, 0.05) is 35.1 Å². The fourth-order valence-electron chi connectivity index (χ4n) is 3.58. The smallest absolute Gasteiger partial charge is 0.223 e. The maximum atomic E-state index is 12.6. The molecule has 1 aromatic heterocycles. The first-order valence-electron chi connectivity index (χ1n) is 8.65. The van der Waals surface area contributed by atoms with E-state index in [4.69, 9.17) is 0 Å². The van der Waals surface area contributed by atoms with Gasteiger partial charge in [0.15, 0.2) is 0 Å². The highest BCUT2D eigenvalue weighted by Crippen LogP contribution is 2.27. The van der Waals surface area contributed by atoms with Gasteiger partial charge in [-0.2, -0.15) is 0 Å². The van der Waals surface area contributed by atoms with Crippen molar-refractivity contribution in [2.24, 2.45) is 0 Å². The lowest BCUT2D eigenvalue weighted by Crippen LogP contribution is -2.36. The molecule has 126 valence electrons. The second-order valence-electron chi connectivity index (χ2n) is 6.55. The van der Waals surface area contributed by atoms with E-state index >= 15 is 0 Å². The zero-order chi connectivity index (χ0) is 17.2. The summed E-state index contributed by atoms with van der Waals surface area (Å²) in [6, 6.07) is 15.8. The molecule has 0 aliphatic carbocycles. The van der Waals surface area contributed by atoms with E-state index in [0.29, 0.717) is 24.9 Å². The quantitative estimate of drug-likeness (QED) is 0.744. The molecule has 25 heavy (non-hydrogen) atoms. The van der Waals surface area contributed by atoms with E-state index in [-0.39, 0.29) is 5.91 Å². The Labute approximate surface area is 146 Å². The Bertz CT molecular complexity index is 925. The summed E-state index contributed by atoms with van der Waals surface area (Å²) < 4.78 is 0. The predicted octanol–water partition coefficient (Wildman–Crippen LogP) is 3.50. The van der Waals surface area contributed by atoms with Crippen LogP contribution in [0.1, 0.15) is 33.6 Å². The fraction of sp³-hybridized carbons (Fsp3) is 0.238. The van der Waals surface area contributed by atoms with Gasteiger partial charge in [-0.05, 0) is 30.0 Å². The van der Waals surface area contributed by atoms with Crippen molar-refractivity contribution in [1.82, 2.24) is 9.88 Å². The van der Waals surface area contributed by atoms with E-state index in [9.17, 15) is 9.59 Å². The third-order valence-corrected chi connectivity index (χ3v) is 4.98.